The van der Waals surface area contributed by atoms with E-state index in [0.717, 1.165) is 55.9 Å². The average molecular weight is 486 g/mol. The minimum absolute atomic E-state index is 0.155. The van der Waals surface area contributed by atoms with Crippen LogP contribution in [0.5, 0.6) is 17.2 Å². The quantitative estimate of drug-likeness (QED) is 0.286. The minimum atomic E-state index is -0.155. The van der Waals surface area contributed by atoms with Crippen LogP contribution in [0.3, 0.4) is 0 Å². The molecule has 0 spiro atoms. The van der Waals surface area contributed by atoms with Gasteiger partial charge in [-0.1, -0.05) is 24.3 Å². The van der Waals surface area contributed by atoms with E-state index < -0.39 is 0 Å². The first kappa shape index (κ1) is 24.9. The van der Waals surface area contributed by atoms with E-state index in [1.54, 1.807) is 33.7 Å². The highest BCUT2D eigenvalue weighted by Crippen LogP contribution is 2.40. The second-order valence-electron chi connectivity index (χ2n) is 8.56. The third-order valence-corrected chi connectivity index (χ3v) is 6.27. The Bertz CT molecular complexity index is 1400. The number of amides is 1. The second-order valence-corrected chi connectivity index (χ2v) is 8.56. The van der Waals surface area contributed by atoms with Crippen LogP contribution in [0, 0.1) is 6.92 Å². The molecule has 0 radical (unpaired) electrons. The Balaban J connectivity index is 1.58. The molecule has 0 unspecified atom stereocenters. The maximum absolute atomic E-state index is 12.7. The van der Waals surface area contributed by atoms with Crippen molar-refractivity contribution in [1.29, 1.82) is 0 Å². The van der Waals surface area contributed by atoms with Crippen LogP contribution < -0.4 is 19.5 Å². The Kier molecular flexibility index (Phi) is 7.64. The molecule has 4 aromatic rings. The molecule has 0 saturated heterocycles. The van der Waals surface area contributed by atoms with Gasteiger partial charge >= 0.3 is 0 Å². The van der Waals surface area contributed by atoms with Gasteiger partial charge in [-0.2, -0.15) is 0 Å². The van der Waals surface area contributed by atoms with Crippen molar-refractivity contribution < 1.29 is 23.4 Å². The summed E-state index contributed by atoms with van der Waals surface area (Å²) in [4.78, 5) is 12.7. The molecule has 36 heavy (non-hydrogen) atoms. The first-order valence-corrected chi connectivity index (χ1v) is 11.8. The first-order valence-electron chi connectivity index (χ1n) is 11.8. The van der Waals surface area contributed by atoms with Gasteiger partial charge in [-0.25, -0.2) is 0 Å². The Hall–Kier alpha value is -4.19. The summed E-state index contributed by atoms with van der Waals surface area (Å²) in [6.07, 6.45) is 4.08. The van der Waals surface area contributed by atoms with E-state index in [9.17, 15) is 4.79 Å². The summed E-state index contributed by atoms with van der Waals surface area (Å²) in [6.45, 7) is 4.40. The zero-order chi connectivity index (χ0) is 25.7. The second kappa shape index (κ2) is 11.0. The summed E-state index contributed by atoms with van der Waals surface area (Å²) < 4.78 is 22.2. The number of furan rings is 1. The van der Waals surface area contributed by atoms with Crippen molar-refractivity contribution in [3.63, 3.8) is 0 Å². The lowest BCUT2D eigenvalue weighted by atomic mass is 9.96. The van der Waals surface area contributed by atoms with E-state index >= 15 is 0 Å². The van der Waals surface area contributed by atoms with E-state index in [4.69, 9.17) is 18.6 Å². The fourth-order valence-electron chi connectivity index (χ4n) is 4.35. The number of hydrogen-bond donors (Lipinski definition) is 1. The summed E-state index contributed by atoms with van der Waals surface area (Å²) >= 11 is 0. The van der Waals surface area contributed by atoms with E-state index in [1.165, 1.54) is 0 Å². The number of carbonyl (C=O) groups is 1. The molecule has 4 rings (SSSR count). The number of aryl methyl sites for hydroxylation is 1. The van der Waals surface area contributed by atoms with Gasteiger partial charge in [0.1, 0.15) is 22.8 Å². The fourth-order valence-corrected chi connectivity index (χ4v) is 4.35. The van der Waals surface area contributed by atoms with Crippen molar-refractivity contribution in [3.8, 4) is 28.4 Å². The number of benzene rings is 3. The SMILES string of the molecule is COc1ccc(-c2coc3c(C)c(OC)c(/C(C)=C/C(=O)NCCc4cccc(OC)c4)cc23)cc1. The Morgan fingerprint density at radius 1 is 0.972 bits per heavy atom. The van der Waals surface area contributed by atoms with Gasteiger partial charge in [0.2, 0.25) is 5.91 Å². The smallest absolute Gasteiger partial charge is 0.244 e. The largest absolute Gasteiger partial charge is 0.497 e. The van der Waals surface area contributed by atoms with Crippen LogP contribution >= 0.6 is 0 Å². The van der Waals surface area contributed by atoms with Gasteiger partial charge in [-0.05, 0) is 67.3 Å². The third-order valence-electron chi connectivity index (χ3n) is 6.27. The number of allylic oxidation sites excluding steroid dienone is 1. The maximum Gasteiger partial charge on any atom is 0.244 e. The summed E-state index contributed by atoms with van der Waals surface area (Å²) in [5.74, 6) is 2.13. The van der Waals surface area contributed by atoms with Crippen LogP contribution in [-0.4, -0.2) is 33.8 Å². The third kappa shape index (κ3) is 5.23. The first-order chi connectivity index (χ1) is 17.4. The molecule has 6 heteroatoms. The van der Waals surface area contributed by atoms with E-state index in [0.29, 0.717) is 18.7 Å². The molecule has 3 aromatic carbocycles. The lowest BCUT2D eigenvalue weighted by molar-refractivity contribution is -0.116. The molecular weight excluding hydrogens is 454 g/mol. The number of methoxy groups -OCH3 is 3. The van der Waals surface area contributed by atoms with Gasteiger partial charge in [0.15, 0.2) is 0 Å². The molecule has 0 saturated carbocycles. The predicted molar refractivity (Wildman–Crippen MR) is 143 cm³/mol. The van der Waals surface area contributed by atoms with Crippen molar-refractivity contribution in [2.24, 2.45) is 0 Å². The number of fused-ring (bicyclic) bond motifs is 1. The average Bonchev–Trinajstić information content (AvgIpc) is 3.33. The molecule has 1 aromatic heterocycles. The summed E-state index contributed by atoms with van der Waals surface area (Å²) in [5, 5.41) is 3.93. The van der Waals surface area contributed by atoms with Crippen LogP contribution in [0.2, 0.25) is 0 Å². The highest BCUT2D eigenvalue weighted by molar-refractivity contribution is 6.01. The van der Waals surface area contributed by atoms with Crippen LogP contribution in [0.15, 0.2) is 71.4 Å². The van der Waals surface area contributed by atoms with E-state index in [2.05, 4.69) is 5.32 Å². The van der Waals surface area contributed by atoms with Gasteiger partial charge in [-0.3, -0.25) is 4.79 Å². The van der Waals surface area contributed by atoms with Crippen molar-refractivity contribution in [3.05, 3.63) is 83.6 Å². The molecule has 6 nitrogen and oxygen atoms in total. The number of carbonyl (C=O) groups excluding carboxylic acids is 1. The number of rotatable bonds is 9. The highest BCUT2D eigenvalue weighted by Gasteiger charge is 2.19. The number of ether oxygens (including phenoxy) is 3. The zero-order valence-electron chi connectivity index (χ0n) is 21.3. The van der Waals surface area contributed by atoms with Crippen molar-refractivity contribution in [1.82, 2.24) is 5.32 Å². The van der Waals surface area contributed by atoms with Crippen LogP contribution in [-0.2, 0) is 11.2 Å². The summed E-state index contributed by atoms with van der Waals surface area (Å²) in [6, 6.07) is 17.7. The Morgan fingerprint density at radius 3 is 2.42 bits per heavy atom. The molecule has 186 valence electrons. The molecule has 0 atom stereocenters. The molecule has 1 heterocycles. The molecule has 0 aliphatic rings. The van der Waals surface area contributed by atoms with E-state index in [-0.39, 0.29) is 5.91 Å². The van der Waals surface area contributed by atoms with Crippen LogP contribution in [0.4, 0.5) is 0 Å². The predicted octanol–water partition coefficient (Wildman–Crippen LogP) is 6.20. The van der Waals surface area contributed by atoms with Crippen molar-refractivity contribution >= 4 is 22.4 Å². The normalized spacial score (nSPS) is 11.4. The molecule has 0 aliphatic heterocycles. The highest BCUT2D eigenvalue weighted by atomic mass is 16.5. The lowest BCUT2D eigenvalue weighted by Crippen LogP contribution is -2.23. The number of nitrogens with one attached hydrogen (secondary N) is 1. The molecular formula is C30H31NO5. The maximum atomic E-state index is 12.7. The van der Waals surface area contributed by atoms with E-state index in [1.807, 2.05) is 68.4 Å². The fraction of sp³-hybridized carbons (Fsp3) is 0.233. The van der Waals surface area contributed by atoms with Crippen LogP contribution in [0.25, 0.3) is 27.7 Å². The van der Waals surface area contributed by atoms with Crippen molar-refractivity contribution in [2.45, 2.75) is 20.3 Å². The number of hydrogen-bond acceptors (Lipinski definition) is 5. The molecule has 0 fully saturated rings. The Labute approximate surface area is 211 Å². The van der Waals surface area contributed by atoms with Gasteiger partial charge in [0.05, 0.1) is 27.6 Å². The lowest BCUT2D eigenvalue weighted by Gasteiger charge is -2.13. The molecule has 0 bridgehead atoms. The molecule has 1 N–H and O–H groups in total. The van der Waals surface area contributed by atoms with Crippen LogP contribution in [0.1, 0.15) is 23.6 Å². The monoisotopic (exact) mass is 485 g/mol. The van der Waals surface area contributed by atoms with Crippen molar-refractivity contribution in [2.75, 3.05) is 27.9 Å². The van der Waals surface area contributed by atoms with Gasteiger partial charge < -0.3 is 23.9 Å². The van der Waals surface area contributed by atoms with Gasteiger partial charge in [0, 0.05) is 34.7 Å². The summed E-state index contributed by atoms with van der Waals surface area (Å²) in [7, 11) is 4.92. The molecule has 0 aliphatic carbocycles. The topological polar surface area (TPSA) is 69.9 Å². The van der Waals surface area contributed by atoms with Gasteiger partial charge in [-0.15, -0.1) is 0 Å². The summed E-state index contributed by atoms with van der Waals surface area (Å²) in [5.41, 5.74) is 6.38. The minimum Gasteiger partial charge on any atom is -0.497 e. The molecule has 1 amide bonds. The zero-order valence-corrected chi connectivity index (χ0v) is 21.3. The van der Waals surface area contributed by atoms with Gasteiger partial charge in [0.25, 0.3) is 0 Å². The Morgan fingerprint density at radius 2 is 1.72 bits per heavy atom. The standard InChI is InChI=1S/C30H31NO5/c1-19(15-28(32)31-14-13-21-7-6-8-24(16-21)34-4)25-17-26-27(22-9-11-23(33-3)12-10-22)18-36-30(26)20(2)29(25)35-5/h6-12,15-18H,13-14H2,1-5H3,(H,31,32)/b19-15+.